The van der Waals surface area contributed by atoms with Crippen LogP contribution in [0.4, 0.5) is 11.4 Å². The number of carbonyl (C=O) groups is 1. The maximum Gasteiger partial charge on any atom is 0.271 e. The molecule has 9 nitrogen and oxygen atoms in total. The van der Waals surface area contributed by atoms with Crippen molar-refractivity contribution in [3.05, 3.63) is 57.6 Å². The molecular weight excluding hydrogens is 404 g/mol. The molecule has 140 valence electrons. The number of H-pyrrole nitrogens is 1. The van der Waals surface area contributed by atoms with E-state index >= 15 is 0 Å². The predicted octanol–water partition coefficient (Wildman–Crippen LogP) is 3.80. The first-order chi connectivity index (χ1) is 13.5. The molecule has 0 radical (unpaired) electrons. The second-order valence-corrected chi connectivity index (χ2v) is 7.07. The number of nitrogens with one attached hydrogen (secondary N) is 2. The van der Waals surface area contributed by atoms with Crippen LogP contribution in [0.1, 0.15) is 0 Å². The number of rotatable bonds is 5. The highest BCUT2D eigenvalue weighted by atomic mass is 35.5. The van der Waals surface area contributed by atoms with E-state index in [1.165, 1.54) is 18.2 Å². The Morgan fingerprint density at radius 3 is 2.89 bits per heavy atom. The number of fused-ring (bicyclic) bond motifs is 3. The van der Waals surface area contributed by atoms with Crippen LogP contribution in [0.3, 0.4) is 0 Å². The highest BCUT2D eigenvalue weighted by Gasteiger charge is 2.14. The summed E-state index contributed by atoms with van der Waals surface area (Å²) in [6, 6.07) is 11.5. The van der Waals surface area contributed by atoms with Crippen LogP contribution in [0.25, 0.3) is 22.1 Å². The molecule has 2 aromatic heterocycles. The van der Waals surface area contributed by atoms with Crippen LogP contribution in [0.2, 0.25) is 5.02 Å². The van der Waals surface area contributed by atoms with E-state index < -0.39 is 10.8 Å². The maximum absolute atomic E-state index is 12.2. The molecule has 2 heterocycles. The number of hydrogen-bond donors (Lipinski definition) is 2. The summed E-state index contributed by atoms with van der Waals surface area (Å²) in [4.78, 5) is 30.0. The van der Waals surface area contributed by atoms with E-state index in [1.807, 2.05) is 24.3 Å². The van der Waals surface area contributed by atoms with Crippen molar-refractivity contribution < 1.29 is 9.72 Å². The van der Waals surface area contributed by atoms with E-state index in [2.05, 4.69) is 25.5 Å². The number of anilines is 1. The number of non-ortho nitro benzene ring substituents is 1. The number of amides is 1. The summed E-state index contributed by atoms with van der Waals surface area (Å²) >= 11 is 7.08. The van der Waals surface area contributed by atoms with Crippen LogP contribution >= 0.6 is 23.4 Å². The molecule has 0 saturated carbocycles. The molecule has 0 spiro atoms. The van der Waals surface area contributed by atoms with Crippen LogP contribution < -0.4 is 5.32 Å². The van der Waals surface area contributed by atoms with Gasteiger partial charge in [-0.1, -0.05) is 41.6 Å². The van der Waals surface area contributed by atoms with Crippen molar-refractivity contribution in [1.82, 2.24) is 20.2 Å². The number of hydrogen-bond acceptors (Lipinski definition) is 7. The Bertz CT molecular complexity index is 1230. The number of nitro benzene ring substituents is 1. The van der Waals surface area contributed by atoms with Gasteiger partial charge in [0.2, 0.25) is 11.1 Å². The van der Waals surface area contributed by atoms with E-state index in [0.29, 0.717) is 16.3 Å². The lowest BCUT2D eigenvalue weighted by molar-refractivity contribution is -0.384. The topological polar surface area (TPSA) is 127 Å². The summed E-state index contributed by atoms with van der Waals surface area (Å²) in [5.74, 6) is -0.403. The molecule has 0 bridgehead atoms. The number of halogens is 1. The summed E-state index contributed by atoms with van der Waals surface area (Å²) in [7, 11) is 0. The third-order valence-corrected chi connectivity index (χ3v) is 5.04. The molecule has 4 aromatic rings. The Morgan fingerprint density at radius 2 is 2.07 bits per heavy atom. The van der Waals surface area contributed by atoms with Gasteiger partial charge in [0, 0.05) is 23.0 Å². The summed E-state index contributed by atoms with van der Waals surface area (Å²) in [5.41, 5.74) is 2.16. The fourth-order valence-electron chi connectivity index (χ4n) is 2.61. The van der Waals surface area contributed by atoms with Crippen LogP contribution in [0, 0.1) is 10.1 Å². The SMILES string of the molecule is O=C(CSc1nnc2c(n1)[nH]c1ccccc12)Nc1cc([N+](=O)[O-])ccc1Cl. The van der Waals surface area contributed by atoms with E-state index in [0.717, 1.165) is 22.7 Å². The smallest absolute Gasteiger partial charge is 0.271 e. The summed E-state index contributed by atoms with van der Waals surface area (Å²) in [6.07, 6.45) is 0. The van der Waals surface area contributed by atoms with Crippen LogP contribution in [-0.2, 0) is 4.79 Å². The lowest BCUT2D eigenvalue weighted by atomic mass is 10.2. The highest BCUT2D eigenvalue weighted by molar-refractivity contribution is 7.99. The van der Waals surface area contributed by atoms with Gasteiger partial charge in [-0.25, -0.2) is 4.98 Å². The Labute approximate surface area is 166 Å². The van der Waals surface area contributed by atoms with Gasteiger partial charge in [0.15, 0.2) is 5.65 Å². The molecule has 0 aliphatic carbocycles. The number of carbonyl (C=O) groups excluding carboxylic acids is 1. The monoisotopic (exact) mass is 414 g/mol. The molecular formula is C17H11ClN6O3S. The van der Waals surface area contributed by atoms with Gasteiger partial charge in [-0.15, -0.1) is 10.2 Å². The molecule has 28 heavy (non-hydrogen) atoms. The van der Waals surface area contributed by atoms with Gasteiger partial charge in [-0.05, 0) is 12.1 Å². The average Bonchev–Trinajstić information content (AvgIpc) is 3.05. The number of aromatic nitrogens is 4. The van der Waals surface area contributed by atoms with E-state index in [-0.39, 0.29) is 22.2 Å². The molecule has 2 aromatic carbocycles. The van der Waals surface area contributed by atoms with Crippen LogP contribution in [0.15, 0.2) is 47.6 Å². The Morgan fingerprint density at radius 1 is 1.25 bits per heavy atom. The first-order valence-electron chi connectivity index (χ1n) is 7.99. The second-order valence-electron chi connectivity index (χ2n) is 5.72. The van der Waals surface area contributed by atoms with Crippen molar-refractivity contribution in [1.29, 1.82) is 0 Å². The zero-order valence-electron chi connectivity index (χ0n) is 14.0. The van der Waals surface area contributed by atoms with Crippen LogP contribution in [0.5, 0.6) is 0 Å². The number of thioether (sulfide) groups is 1. The molecule has 11 heteroatoms. The van der Waals surface area contributed by atoms with Gasteiger partial charge in [0.1, 0.15) is 5.52 Å². The van der Waals surface area contributed by atoms with Gasteiger partial charge in [-0.3, -0.25) is 14.9 Å². The van der Waals surface area contributed by atoms with Crippen molar-refractivity contribution in [2.75, 3.05) is 11.1 Å². The quantitative estimate of drug-likeness (QED) is 0.289. The predicted molar refractivity (Wildman–Crippen MR) is 107 cm³/mol. The van der Waals surface area contributed by atoms with E-state index in [9.17, 15) is 14.9 Å². The van der Waals surface area contributed by atoms with Crippen molar-refractivity contribution >= 4 is 62.7 Å². The molecule has 0 unspecified atom stereocenters. The lowest BCUT2D eigenvalue weighted by Crippen LogP contribution is -2.15. The van der Waals surface area contributed by atoms with Crippen molar-refractivity contribution in [2.24, 2.45) is 0 Å². The van der Waals surface area contributed by atoms with Gasteiger partial charge >= 0.3 is 0 Å². The molecule has 4 rings (SSSR count). The number of benzene rings is 2. The normalized spacial score (nSPS) is 11.0. The van der Waals surface area contributed by atoms with Gasteiger partial charge < -0.3 is 10.3 Å². The standard InChI is InChI=1S/C17H11ClN6O3S/c18-11-6-5-9(24(26)27)7-13(11)19-14(25)8-28-17-21-16-15(22-23-17)10-3-1-2-4-12(10)20-16/h1-7H,8H2,(H,19,25)(H,20,21,23). The first-order valence-corrected chi connectivity index (χ1v) is 9.35. The fraction of sp³-hybridized carbons (Fsp3) is 0.0588. The minimum absolute atomic E-state index is 0.00750. The number of nitro groups is 1. The zero-order valence-corrected chi connectivity index (χ0v) is 15.6. The molecule has 2 N–H and O–H groups in total. The number of aromatic amines is 1. The van der Waals surface area contributed by atoms with Gasteiger partial charge in [0.25, 0.3) is 5.69 Å². The van der Waals surface area contributed by atoms with Crippen molar-refractivity contribution in [3.8, 4) is 0 Å². The summed E-state index contributed by atoms with van der Waals surface area (Å²) in [5, 5.41) is 23.1. The third kappa shape index (κ3) is 3.59. The number of para-hydroxylation sites is 1. The summed E-state index contributed by atoms with van der Waals surface area (Å²) in [6.45, 7) is 0. The zero-order chi connectivity index (χ0) is 19.7. The lowest BCUT2D eigenvalue weighted by Gasteiger charge is -2.06. The Hall–Kier alpha value is -3.24. The molecule has 0 aliphatic rings. The Kier molecular flexibility index (Phi) is 4.80. The largest absolute Gasteiger partial charge is 0.338 e. The molecule has 1 amide bonds. The fourth-order valence-corrected chi connectivity index (χ4v) is 3.36. The minimum atomic E-state index is -0.560. The molecule has 0 fully saturated rings. The second kappa shape index (κ2) is 7.41. The van der Waals surface area contributed by atoms with E-state index in [1.54, 1.807) is 0 Å². The summed E-state index contributed by atoms with van der Waals surface area (Å²) < 4.78 is 0. The third-order valence-electron chi connectivity index (χ3n) is 3.87. The average molecular weight is 415 g/mol. The van der Waals surface area contributed by atoms with Crippen molar-refractivity contribution in [2.45, 2.75) is 5.16 Å². The van der Waals surface area contributed by atoms with Crippen molar-refractivity contribution in [3.63, 3.8) is 0 Å². The number of nitrogens with zero attached hydrogens (tertiary/aromatic N) is 4. The first kappa shape index (κ1) is 18.1. The Balaban J connectivity index is 1.47. The van der Waals surface area contributed by atoms with Crippen LogP contribution in [-0.4, -0.2) is 36.7 Å². The van der Waals surface area contributed by atoms with Gasteiger partial charge in [0.05, 0.1) is 21.4 Å². The van der Waals surface area contributed by atoms with Gasteiger partial charge in [-0.2, -0.15) is 0 Å². The molecule has 0 saturated heterocycles. The minimum Gasteiger partial charge on any atom is -0.338 e. The van der Waals surface area contributed by atoms with E-state index in [4.69, 9.17) is 11.6 Å². The molecule has 0 atom stereocenters. The molecule has 0 aliphatic heterocycles. The highest BCUT2D eigenvalue weighted by Crippen LogP contribution is 2.27. The maximum atomic E-state index is 12.2.